The molecule has 2 aromatic carbocycles. The summed E-state index contributed by atoms with van der Waals surface area (Å²) in [6, 6.07) is 16.5. The van der Waals surface area contributed by atoms with Crippen LogP contribution < -0.4 is 9.47 Å². The van der Waals surface area contributed by atoms with Crippen molar-refractivity contribution in [1.29, 1.82) is 0 Å². The number of aryl methyl sites for hydroxylation is 1. The molecule has 0 saturated carbocycles. The zero-order valence-electron chi connectivity index (χ0n) is 17.4. The van der Waals surface area contributed by atoms with E-state index >= 15 is 0 Å². The second kappa shape index (κ2) is 8.70. The third-order valence-corrected chi connectivity index (χ3v) is 5.76. The first-order valence-corrected chi connectivity index (χ1v) is 10.1. The number of ether oxygens (including phenoxy) is 2. The summed E-state index contributed by atoms with van der Waals surface area (Å²) in [5, 5.41) is 0. The highest BCUT2D eigenvalue weighted by atomic mass is 16.5. The molecule has 0 bridgehead atoms. The molecule has 5 heteroatoms. The second-order valence-electron chi connectivity index (χ2n) is 7.55. The fourth-order valence-electron chi connectivity index (χ4n) is 4.03. The van der Waals surface area contributed by atoms with E-state index in [-0.39, 0.29) is 0 Å². The van der Waals surface area contributed by atoms with Crippen LogP contribution in [-0.4, -0.2) is 37.2 Å². The molecule has 5 nitrogen and oxygen atoms in total. The van der Waals surface area contributed by atoms with Gasteiger partial charge >= 0.3 is 0 Å². The predicted octanol–water partition coefficient (Wildman–Crippen LogP) is 5.05. The molecule has 0 unspecified atom stereocenters. The van der Waals surface area contributed by atoms with Gasteiger partial charge in [0.05, 0.1) is 25.5 Å². The molecule has 0 aliphatic carbocycles. The maximum Gasteiger partial charge on any atom is 0.230 e. The van der Waals surface area contributed by atoms with Gasteiger partial charge < -0.3 is 13.9 Å². The quantitative estimate of drug-likeness (QED) is 0.588. The fraction of sp³-hybridized carbons (Fsp3) is 0.375. The molecule has 0 amide bonds. The lowest BCUT2D eigenvalue weighted by Crippen LogP contribution is -2.32. The van der Waals surface area contributed by atoms with Gasteiger partial charge in [0.15, 0.2) is 0 Å². The van der Waals surface area contributed by atoms with E-state index in [1.54, 1.807) is 14.2 Å². The van der Waals surface area contributed by atoms with Crippen LogP contribution in [0.25, 0.3) is 11.5 Å². The Morgan fingerprint density at radius 2 is 1.79 bits per heavy atom. The van der Waals surface area contributed by atoms with Crippen LogP contribution in [0.5, 0.6) is 11.5 Å². The molecule has 1 aromatic heterocycles. The Morgan fingerprint density at radius 3 is 2.48 bits per heavy atom. The molecule has 1 fully saturated rings. The van der Waals surface area contributed by atoms with E-state index in [4.69, 9.17) is 18.9 Å². The van der Waals surface area contributed by atoms with Gasteiger partial charge in [-0.2, -0.15) is 0 Å². The molecule has 1 saturated heterocycles. The van der Waals surface area contributed by atoms with Gasteiger partial charge in [0, 0.05) is 12.6 Å². The monoisotopic (exact) mass is 392 g/mol. The summed E-state index contributed by atoms with van der Waals surface area (Å²) in [5.74, 6) is 3.56. The van der Waals surface area contributed by atoms with Gasteiger partial charge in [0.1, 0.15) is 17.3 Å². The lowest BCUT2D eigenvalue weighted by atomic mass is 9.89. The van der Waals surface area contributed by atoms with E-state index in [0.29, 0.717) is 17.6 Å². The first-order chi connectivity index (χ1) is 14.2. The smallest absolute Gasteiger partial charge is 0.230 e. The highest BCUT2D eigenvalue weighted by molar-refractivity contribution is 5.65. The topological polar surface area (TPSA) is 47.7 Å². The minimum atomic E-state index is 0.594. The summed E-state index contributed by atoms with van der Waals surface area (Å²) in [5.41, 5.74) is 3.29. The minimum Gasteiger partial charge on any atom is -0.497 e. The SMILES string of the molecule is COc1ccc(-c2nc(CN3CCC(c4ccccc4)CC3)c(C)o2)c(OC)c1. The zero-order chi connectivity index (χ0) is 20.2. The van der Waals surface area contributed by atoms with Gasteiger partial charge in [-0.15, -0.1) is 0 Å². The van der Waals surface area contributed by atoms with Gasteiger partial charge in [-0.1, -0.05) is 30.3 Å². The van der Waals surface area contributed by atoms with Crippen LogP contribution in [0.4, 0.5) is 0 Å². The van der Waals surface area contributed by atoms with Crippen LogP contribution in [0.15, 0.2) is 52.9 Å². The molecule has 4 rings (SSSR count). The van der Waals surface area contributed by atoms with Gasteiger partial charge in [-0.3, -0.25) is 4.90 Å². The second-order valence-corrected chi connectivity index (χ2v) is 7.55. The number of hydrogen-bond donors (Lipinski definition) is 0. The van der Waals surface area contributed by atoms with Gasteiger partial charge in [-0.05, 0) is 56.5 Å². The summed E-state index contributed by atoms with van der Waals surface area (Å²) >= 11 is 0. The summed E-state index contributed by atoms with van der Waals surface area (Å²) in [4.78, 5) is 7.26. The lowest BCUT2D eigenvalue weighted by Gasteiger charge is -2.31. The average Bonchev–Trinajstić information content (AvgIpc) is 3.14. The molecule has 3 aromatic rings. The summed E-state index contributed by atoms with van der Waals surface area (Å²) in [6.07, 6.45) is 2.36. The van der Waals surface area contributed by atoms with E-state index in [1.807, 2.05) is 25.1 Å². The van der Waals surface area contributed by atoms with Crippen LogP contribution in [0.3, 0.4) is 0 Å². The Morgan fingerprint density at radius 1 is 1.03 bits per heavy atom. The lowest BCUT2D eigenvalue weighted by molar-refractivity contribution is 0.202. The molecule has 0 radical (unpaired) electrons. The number of oxazole rings is 1. The molecule has 0 spiro atoms. The predicted molar refractivity (Wildman–Crippen MR) is 113 cm³/mol. The number of methoxy groups -OCH3 is 2. The van der Waals surface area contributed by atoms with E-state index in [0.717, 1.165) is 42.4 Å². The number of benzene rings is 2. The number of rotatable bonds is 6. The molecular weight excluding hydrogens is 364 g/mol. The molecule has 1 aliphatic rings. The molecule has 2 heterocycles. The summed E-state index contributed by atoms with van der Waals surface area (Å²) in [7, 11) is 3.29. The van der Waals surface area contributed by atoms with Crippen molar-refractivity contribution < 1.29 is 13.9 Å². The van der Waals surface area contributed by atoms with Gasteiger partial charge in [0.25, 0.3) is 0 Å². The third kappa shape index (κ3) is 4.30. The van der Waals surface area contributed by atoms with Crippen molar-refractivity contribution in [1.82, 2.24) is 9.88 Å². The van der Waals surface area contributed by atoms with Crippen molar-refractivity contribution in [3.8, 4) is 23.0 Å². The van der Waals surface area contributed by atoms with E-state index in [2.05, 4.69) is 35.2 Å². The van der Waals surface area contributed by atoms with E-state index in [1.165, 1.54) is 18.4 Å². The zero-order valence-corrected chi connectivity index (χ0v) is 17.4. The van der Waals surface area contributed by atoms with Crippen LogP contribution in [0, 0.1) is 6.92 Å². The van der Waals surface area contributed by atoms with Crippen molar-refractivity contribution in [2.24, 2.45) is 0 Å². The standard InChI is InChI=1S/C24H28N2O3/c1-17-22(16-26-13-11-19(12-14-26)18-7-5-4-6-8-18)25-24(29-17)21-10-9-20(27-2)15-23(21)28-3/h4-10,15,19H,11-14,16H2,1-3H3. The first kappa shape index (κ1) is 19.5. The Bertz CT molecular complexity index is 944. The van der Waals surface area contributed by atoms with Crippen molar-refractivity contribution in [2.75, 3.05) is 27.3 Å². The number of likely N-dealkylation sites (tertiary alicyclic amines) is 1. The maximum atomic E-state index is 5.99. The first-order valence-electron chi connectivity index (χ1n) is 10.1. The Balaban J connectivity index is 1.44. The number of aromatic nitrogens is 1. The highest BCUT2D eigenvalue weighted by Crippen LogP contribution is 2.34. The highest BCUT2D eigenvalue weighted by Gasteiger charge is 2.23. The van der Waals surface area contributed by atoms with Crippen LogP contribution >= 0.6 is 0 Å². The third-order valence-electron chi connectivity index (χ3n) is 5.76. The number of nitrogens with zero attached hydrogens (tertiary/aromatic N) is 2. The maximum absolute atomic E-state index is 5.99. The summed E-state index contributed by atoms with van der Waals surface area (Å²) < 4.78 is 16.8. The van der Waals surface area contributed by atoms with Crippen LogP contribution in [0.1, 0.15) is 35.8 Å². The van der Waals surface area contributed by atoms with Crippen LogP contribution in [-0.2, 0) is 6.54 Å². The largest absolute Gasteiger partial charge is 0.497 e. The van der Waals surface area contributed by atoms with Crippen LogP contribution in [0.2, 0.25) is 0 Å². The molecule has 0 N–H and O–H groups in total. The van der Waals surface area contributed by atoms with Crippen molar-refractivity contribution >= 4 is 0 Å². The fourth-order valence-corrected chi connectivity index (χ4v) is 4.03. The minimum absolute atomic E-state index is 0.594. The van der Waals surface area contributed by atoms with Crippen molar-refractivity contribution in [3.05, 3.63) is 65.5 Å². The van der Waals surface area contributed by atoms with Gasteiger partial charge in [0.2, 0.25) is 5.89 Å². The molecule has 0 atom stereocenters. The molecule has 29 heavy (non-hydrogen) atoms. The molecule has 152 valence electrons. The van der Waals surface area contributed by atoms with E-state index in [9.17, 15) is 0 Å². The normalized spacial score (nSPS) is 15.4. The Labute approximate surface area is 172 Å². The Hall–Kier alpha value is -2.79. The molecular formula is C24H28N2O3. The van der Waals surface area contributed by atoms with Crippen molar-refractivity contribution in [2.45, 2.75) is 32.2 Å². The van der Waals surface area contributed by atoms with E-state index < -0.39 is 0 Å². The van der Waals surface area contributed by atoms with Gasteiger partial charge in [-0.25, -0.2) is 4.98 Å². The Kier molecular flexibility index (Phi) is 5.86. The summed E-state index contributed by atoms with van der Waals surface area (Å²) in [6.45, 7) is 4.95. The number of piperidine rings is 1. The number of hydrogen-bond acceptors (Lipinski definition) is 5. The average molecular weight is 392 g/mol. The molecule has 1 aliphatic heterocycles. The van der Waals surface area contributed by atoms with Crippen molar-refractivity contribution in [3.63, 3.8) is 0 Å².